The van der Waals surface area contributed by atoms with Crippen LogP contribution in [0, 0.1) is 5.41 Å². The first-order chi connectivity index (χ1) is 8.39. The summed E-state index contributed by atoms with van der Waals surface area (Å²) >= 11 is 0. The highest BCUT2D eigenvalue weighted by atomic mass is 16.6. The van der Waals surface area contributed by atoms with Crippen molar-refractivity contribution in [2.75, 3.05) is 6.54 Å². The fourth-order valence-corrected chi connectivity index (χ4v) is 1.33. The lowest BCUT2D eigenvalue weighted by Crippen LogP contribution is -2.35. The number of rotatable bonds is 4. The molecule has 3 heteroatoms. The number of carbonyl (C=O) groups is 1. The number of ether oxygens (including phenoxy) is 1. The highest BCUT2D eigenvalue weighted by Gasteiger charge is 2.23. The lowest BCUT2D eigenvalue weighted by atomic mass is 9.90. The van der Waals surface area contributed by atoms with E-state index in [1.807, 2.05) is 37.3 Å². The predicted octanol–water partition coefficient (Wildman–Crippen LogP) is 3.39. The second kappa shape index (κ2) is 6.43. The second-order valence-electron chi connectivity index (χ2n) is 5.58. The summed E-state index contributed by atoms with van der Waals surface area (Å²) in [4.78, 5) is 11.6. The standard InChI is InChI=1S/C15H23NO2/c1-12(15(2,3)4)18-14(17)16-11-10-13-8-6-5-7-9-13/h5-9,12H,10-11H2,1-4H3,(H,16,17)/t12-/m1/s1. The van der Waals surface area contributed by atoms with Gasteiger partial charge in [-0.15, -0.1) is 0 Å². The van der Waals surface area contributed by atoms with E-state index in [1.165, 1.54) is 5.56 Å². The summed E-state index contributed by atoms with van der Waals surface area (Å²) in [6.45, 7) is 8.66. The van der Waals surface area contributed by atoms with Crippen LogP contribution in [0.15, 0.2) is 30.3 Å². The fraction of sp³-hybridized carbons (Fsp3) is 0.533. The smallest absolute Gasteiger partial charge is 0.407 e. The lowest BCUT2D eigenvalue weighted by Gasteiger charge is -2.26. The van der Waals surface area contributed by atoms with E-state index in [4.69, 9.17) is 4.74 Å². The van der Waals surface area contributed by atoms with Crippen molar-refractivity contribution in [1.29, 1.82) is 0 Å². The Morgan fingerprint density at radius 1 is 1.28 bits per heavy atom. The van der Waals surface area contributed by atoms with Crippen molar-refractivity contribution >= 4 is 6.09 Å². The SMILES string of the molecule is C[C@@H](OC(=O)NCCc1ccccc1)C(C)(C)C. The summed E-state index contributed by atoms with van der Waals surface area (Å²) in [5, 5.41) is 2.77. The molecule has 1 N–H and O–H groups in total. The molecule has 1 rings (SSSR count). The molecule has 0 unspecified atom stereocenters. The van der Waals surface area contributed by atoms with E-state index in [2.05, 4.69) is 26.1 Å². The van der Waals surface area contributed by atoms with E-state index >= 15 is 0 Å². The quantitative estimate of drug-likeness (QED) is 0.888. The van der Waals surface area contributed by atoms with Crippen LogP contribution in [0.2, 0.25) is 0 Å². The maximum Gasteiger partial charge on any atom is 0.407 e. The minimum atomic E-state index is -0.339. The number of alkyl carbamates (subject to hydrolysis) is 1. The van der Waals surface area contributed by atoms with Gasteiger partial charge in [-0.05, 0) is 24.3 Å². The van der Waals surface area contributed by atoms with Gasteiger partial charge in [0.05, 0.1) is 0 Å². The van der Waals surface area contributed by atoms with E-state index in [0.29, 0.717) is 6.54 Å². The normalized spacial score (nSPS) is 12.9. The van der Waals surface area contributed by atoms with Crippen molar-refractivity contribution < 1.29 is 9.53 Å². The van der Waals surface area contributed by atoms with Crippen LogP contribution < -0.4 is 5.32 Å². The Kier molecular flexibility index (Phi) is 5.20. The van der Waals surface area contributed by atoms with E-state index in [0.717, 1.165) is 6.42 Å². The van der Waals surface area contributed by atoms with E-state index < -0.39 is 0 Å². The maximum absolute atomic E-state index is 11.6. The molecule has 3 nitrogen and oxygen atoms in total. The number of hydrogen-bond acceptors (Lipinski definition) is 2. The Morgan fingerprint density at radius 3 is 2.44 bits per heavy atom. The first-order valence-electron chi connectivity index (χ1n) is 6.38. The fourth-order valence-electron chi connectivity index (χ4n) is 1.33. The average molecular weight is 249 g/mol. The molecule has 1 aromatic rings. The van der Waals surface area contributed by atoms with Crippen LogP contribution >= 0.6 is 0 Å². The summed E-state index contributed by atoms with van der Waals surface area (Å²) < 4.78 is 5.30. The Morgan fingerprint density at radius 2 is 1.89 bits per heavy atom. The Bertz CT molecular complexity index is 368. The molecule has 0 heterocycles. The third-order valence-electron chi connectivity index (χ3n) is 3.03. The monoisotopic (exact) mass is 249 g/mol. The van der Waals surface area contributed by atoms with Crippen molar-refractivity contribution in [3.8, 4) is 0 Å². The van der Waals surface area contributed by atoms with E-state index in [1.54, 1.807) is 0 Å². The highest BCUT2D eigenvalue weighted by Crippen LogP contribution is 2.21. The Labute approximate surface area is 110 Å². The second-order valence-corrected chi connectivity index (χ2v) is 5.58. The highest BCUT2D eigenvalue weighted by molar-refractivity contribution is 5.67. The molecule has 1 amide bonds. The minimum absolute atomic E-state index is 0.0310. The van der Waals surface area contributed by atoms with Crippen LogP contribution in [0.5, 0.6) is 0 Å². The van der Waals surface area contributed by atoms with Gasteiger partial charge in [0.2, 0.25) is 0 Å². The molecule has 100 valence electrons. The summed E-state index contributed by atoms with van der Waals surface area (Å²) in [6, 6.07) is 10.1. The lowest BCUT2D eigenvalue weighted by molar-refractivity contribution is 0.0439. The van der Waals surface area contributed by atoms with E-state index in [9.17, 15) is 4.79 Å². The van der Waals surface area contributed by atoms with Gasteiger partial charge in [0.25, 0.3) is 0 Å². The van der Waals surface area contributed by atoms with Crippen LogP contribution in [-0.4, -0.2) is 18.7 Å². The summed E-state index contributed by atoms with van der Waals surface area (Å²) in [5.41, 5.74) is 1.18. The summed E-state index contributed by atoms with van der Waals surface area (Å²) in [6.07, 6.45) is 0.377. The molecule has 0 aromatic heterocycles. The van der Waals surface area contributed by atoms with Crippen LogP contribution in [0.1, 0.15) is 33.3 Å². The van der Waals surface area contributed by atoms with Gasteiger partial charge >= 0.3 is 6.09 Å². The van der Waals surface area contributed by atoms with Crippen LogP contribution in [0.4, 0.5) is 4.79 Å². The zero-order valence-corrected chi connectivity index (χ0v) is 11.7. The molecule has 0 aliphatic carbocycles. The van der Waals surface area contributed by atoms with Gasteiger partial charge in [-0.25, -0.2) is 4.79 Å². The molecule has 1 atom stereocenters. The van der Waals surface area contributed by atoms with Crippen molar-refractivity contribution in [3.63, 3.8) is 0 Å². The van der Waals surface area contributed by atoms with Gasteiger partial charge in [-0.1, -0.05) is 51.1 Å². The number of benzene rings is 1. The molecule has 0 bridgehead atoms. The van der Waals surface area contributed by atoms with Gasteiger partial charge in [0.15, 0.2) is 0 Å². The Balaban J connectivity index is 2.26. The number of amides is 1. The van der Waals surface area contributed by atoms with Crippen molar-refractivity contribution in [3.05, 3.63) is 35.9 Å². The Hall–Kier alpha value is -1.51. The average Bonchev–Trinajstić information content (AvgIpc) is 2.29. The molecule has 0 saturated carbocycles. The van der Waals surface area contributed by atoms with Crippen molar-refractivity contribution in [2.45, 2.75) is 40.2 Å². The first kappa shape index (κ1) is 14.6. The van der Waals surface area contributed by atoms with Gasteiger partial charge in [0.1, 0.15) is 6.10 Å². The maximum atomic E-state index is 11.6. The summed E-state index contributed by atoms with van der Waals surface area (Å²) in [7, 11) is 0. The molecule has 0 saturated heterocycles. The third-order valence-corrected chi connectivity index (χ3v) is 3.03. The summed E-state index contributed by atoms with van der Waals surface area (Å²) in [5.74, 6) is 0. The largest absolute Gasteiger partial charge is 0.446 e. The van der Waals surface area contributed by atoms with Crippen LogP contribution in [0.25, 0.3) is 0 Å². The van der Waals surface area contributed by atoms with Gasteiger partial charge in [-0.2, -0.15) is 0 Å². The minimum Gasteiger partial charge on any atom is -0.446 e. The molecule has 1 aromatic carbocycles. The topological polar surface area (TPSA) is 38.3 Å². The van der Waals surface area contributed by atoms with Gasteiger partial charge < -0.3 is 10.1 Å². The van der Waals surface area contributed by atoms with Gasteiger partial charge in [0, 0.05) is 6.54 Å². The zero-order chi connectivity index (χ0) is 13.6. The predicted molar refractivity (Wildman–Crippen MR) is 73.5 cm³/mol. The number of nitrogens with one attached hydrogen (secondary N) is 1. The van der Waals surface area contributed by atoms with Crippen LogP contribution in [-0.2, 0) is 11.2 Å². The molecular weight excluding hydrogens is 226 g/mol. The van der Waals surface area contributed by atoms with Crippen molar-refractivity contribution in [1.82, 2.24) is 5.32 Å². The number of carbonyl (C=O) groups excluding carboxylic acids is 1. The third kappa shape index (κ3) is 5.21. The molecule has 0 aliphatic rings. The molecule has 0 aliphatic heterocycles. The number of hydrogen-bond donors (Lipinski definition) is 1. The zero-order valence-electron chi connectivity index (χ0n) is 11.7. The van der Waals surface area contributed by atoms with Crippen molar-refractivity contribution in [2.24, 2.45) is 5.41 Å². The van der Waals surface area contributed by atoms with Gasteiger partial charge in [-0.3, -0.25) is 0 Å². The first-order valence-corrected chi connectivity index (χ1v) is 6.38. The molecule has 18 heavy (non-hydrogen) atoms. The van der Waals surface area contributed by atoms with E-state index in [-0.39, 0.29) is 17.6 Å². The van der Waals surface area contributed by atoms with Crippen LogP contribution in [0.3, 0.4) is 0 Å². The molecule has 0 fully saturated rings. The molecule has 0 radical (unpaired) electrons. The molecule has 0 spiro atoms. The molecular formula is C15H23NO2.